The highest BCUT2D eigenvalue weighted by atomic mass is 19.1. The number of carbonyl (C=O) groups is 3. The summed E-state index contributed by atoms with van der Waals surface area (Å²) in [7, 11) is 3.56. The minimum atomic E-state index is -0.978. The number of imide groups is 1. The Morgan fingerprint density at radius 2 is 1.60 bits per heavy atom. The fourth-order valence-electron chi connectivity index (χ4n) is 7.25. The molecular weight excluding hydrogens is 514 g/mol. The lowest BCUT2D eigenvalue weighted by atomic mass is 9.80. The number of rotatable bonds is 2. The van der Waals surface area contributed by atoms with Gasteiger partial charge in [-0.3, -0.25) is 19.8 Å². The molecule has 7 nitrogen and oxygen atoms in total. The van der Waals surface area contributed by atoms with Crippen molar-refractivity contribution >= 4 is 17.8 Å². The Labute approximate surface area is 232 Å². The smallest absolute Gasteiger partial charge is 0.319 e. The van der Waals surface area contributed by atoms with Crippen LogP contribution >= 0.6 is 0 Å². The van der Waals surface area contributed by atoms with Gasteiger partial charge in [0.25, 0.3) is 5.91 Å². The first kappa shape index (κ1) is 26.5. The summed E-state index contributed by atoms with van der Waals surface area (Å²) in [5.41, 5.74) is 0.587. The Morgan fingerprint density at radius 1 is 0.925 bits per heavy atom. The van der Waals surface area contributed by atoms with Gasteiger partial charge in [-0.2, -0.15) is 0 Å². The van der Waals surface area contributed by atoms with E-state index in [0.29, 0.717) is 24.9 Å². The second kappa shape index (κ2) is 9.13. The van der Waals surface area contributed by atoms with Crippen LogP contribution in [0.3, 0.4) is 0 Å². The van der Waals surface area contributed by atoms with Crippen LogP contribution in [0.5, 0.6) is 0 Å². The highest BCUT2D eigenvalue weighted by Gasteiger charge is 2.56. The van der Waals surface area contributed by atoms with Crippen molar-refractivity contribution in [3.05, 3.63) is 70.3 Å². The molecule has 2 aromatic rings. The molecule has 6 rings (SSSR count). The molecule has 1 N–H and O–H groups in total. The number of hydrogen-bond donors (Lipinski definition) is 1. The molecule has 2 spiro atoms. The van der Waals surface area contributed by atoms with E-state index < -0.39 is 34.3 Å². The van der Waals surface area contributed by atoms with Crippen molar-refractivity contribution in [3.63, 3.8) is 0 Å². The van der Waals surface area contributed by atoms with E-state index in [1.54, 1.807) is 11.9 Å². The number of likely N-dealkylation sites (N-methyl/N-ethyl adjacent to an activating group) is 2. The molecule has 0 radical (unpaired) electrons. The molecule has 0 bridgehead atoms. The Kier molecular flexibility index (Phi) is 6.04. The van der Waals surface area contributed by atoms with Crippen LogP contribution in [0.15, 0.2) is 36.4 Å². The van der Waals surface area contributed by atoms with Crippen LogP contribution in [0.4, 0.5) is 13.6 Å². The molecule has 4 amide bonds. The van der Waals surface area contributed by atoms with E-state index in [-0.39, 0.29) is 18.4 Å². The van der Waals surface area contributed by atoms with Crippen molar-refractivity contribution in [1.82, 2.24) is 20.0 Å². The van der Waals surface area contributed by atoms with E-state index in [0.717, 1.165) is 48.4 Å². The third-order valence-corrected chi connectivity index (χ3v) is 9.66. The first-order valence-electron chi connectivity index (χ1n) is 13.7. The minimum absolute atomic E-state index is 0.0592. The quantitative estimate of drug-likeness (QED) is 0.464. The van der Waals surface area contributed by atoms with Gasteiger partial charge in [0.15, 0.2) is 0 Å². The molecule has 1 saturated carbocycles. The lowest BCUT2D eigenvalue weighted by Crippen LogP contribution is -2.70. The Hall–Kier alpha value is -3.77. The standard InChI is InChI=1S/C31H32F2N4O3/c1-29(23-14-24(32)16-25(33)15-23)19-35(2)30(10-4-5-11-30)27(39)37(29)12-6-7-20-8-9-21-17-31(18-22(21)13-20)26(38)34-28(40)36(31)3/h8-9,13-16H,4-5,10-12,17-19H2,1-3H3,(H,34,38,40)/t29-,31-/m0/s1. The zero-order valence-electron chi connectivity index (χ0n) is 22.9. The second-order valence-corrected chi connectivity index (χ2v) is 11.9. The molecule has 0 unspecified atom stereocenters. The van der Waals surface area contributed by atoms with Crippen LogP contribution in [0.25, 0.3) is 0 Å². The second-order valence-electron chi connectivity index (χ2n) is 11.9. The summed E-state index contributed by atoms with van der Waals surface area (Å²) in [5, 5.41) is 2.41. The third-order valence-electron chi connectivity index (χ3n) is 9.66. The molecule has 3 fully saturated rings. The molecule has 2 aliphatic heterocycles. The van der Waals surface area contributed by atoms with E-state index in [4.69, 9.17) is 0 Å². The zero-order valence-corrected chi connectivity index (χ0v) is 22.9. The number of amides is 4. The molecule has 4 aliphatic rings. The number of nitrogens with one attached hydrogen (secondary N) is 1. The molecular formula is C31H32F2N4O3. The molecule has 9 heteroatoms. The van der Waals surface area contributed by atoms with E-state index in [9.17, 15) is 23.2 Å². The summed E-state index contributed by atoms with van der Waals surface area (Å²) in [5.74, 6) is 4.62. The number of carbonyl (C=O) groups excluding carboxylic acids is 3. The third kappa shape index (κ3) is 3.84. The van der Waals surface area contributed by atoms with Crippen LogP contribution in [-0.4, -0.2) is 70.8 Å². The average molecular weight is 547 g/mol. The molecule has 2 aliphatic carbocycles. The van der Waals surface area contributed by atoms with Gasteiger partial charge in [-0.25, -0.2) is 13.6 Å². The highest BCUT2D eigenvalue weighted by Crippen LogP contribution is 2.45. The molecule has 208 valence electrons. The molecule has 40 heavy (non-hydrogen) atoms. The van der Waals surface area contributed by atoms with Gasteiger partial charge in [-0.05, 0) is 67.8 Å². The number of halogens is 2. The van der Waals surface area contributed by atoms with Gasteiger partial charge >= 0.3 is 6.03 Å². The van der Waals surface area contributed by atoms with Crippen molar-refractivity contribution in [2.24, 2.45) is 0 Å². The van der Waals surface area contributed by atoms with E-state index in [1.165, 1.54) is 17.0 Å². The van der Waals surface area contributed by atoms with Gasteiger partial charge in [-0.1, -0.05) is 30.7 Å². The summed E-state index contributed by atoms with van der Waals surface area (Å²) in [6.07, 6.45) is 4.26. The summed E-state index contributed by atoms with van der Waals surface area (Å²) < 4.78 is 28.6. The number of piperazine rings is 1. The molecule has 0 aromatic heterocycles. The molecule has 2 heterocycles. The lowest BCUT2D eigenvalue weighted by Gasteiger charge is -2.55. The monoisotopic (exact) mass is 546 g/mol. The Morgan fingerprint density at radius 3 is 2.25 bits per heavy atom. The number of fused-ring (bicyclic) bond motifs is 1. The Bertz CT molecular complexity index is 1490. The fourth-order valence-corrected chi connectivity index (χ4v) is 7.25. The predicted octanol–water partition coefficient (Wildman–Crippen LogP) is 3.34. The zero-order chi connectivity index (χ0) is 28.4. The maximum Gasteiger partial charge on any atom is 0.324 e. The summed E-state index contributed by atoms with van der Waals surface area (Å²) >= 11 is 0. The first-order chi connectivity index (χ1) is 19.0. The molecule has 2 atom stereocenters. The van der Waals surface area contributed by atoms with E-state index >= 15 is 0 Å². The first-order valence-corrected chi connectivity index (χ1v) is 13.7. The van der Waals surface area contributed by atoms with Crippen LogP contribution in [0.1, 0.15) is 54.9 Å². The number of benzene rings is 2. The van der Waals surface area contributed by atoms with Gasteiger partial charge in [0.05, 0.1) is 12.1 Å². The summed E-state index contributed by atoms with van der Waals surface area (Å²) in [6, 6.07) is 8.80. The van der Waals surface area contributed by atoms with Crippen LogP contribution in [-0.2, 0) is 28.0 Å². The Balaban J connectivity index is 1.30. The topological polar surface area (TPSA) is 73.0 Å². The van der Waals surface area contributed by atoms with Crippen LogP contribution in [0.2, 0.25) is 0 Å². The number of urea groups is 1. The molecule has 2 saturated heterocycles. The minimum Gasteiger partial charge on any atom is -0.319 e. The maximum absolute atomic E-state index is 14.3. The van der Waals surface area contributed by atoms with Crippen molar-refractivity contribution in [1.29, 1.82) is 0 Å². The average Bonchev–Trinajstić information content (AvgIpc) is 3.59. The van der Waals surface area contributed by atoms with Gasteiger partial charge in [0.2, 0.25) is 5.91 Å². The van der Waals surface area contributed by atoms with Crippen LogP contribution in [0, 0.1) is 23.5 Å². The fraction of sp³-hybridized carbons (Fsp3) is 0.452. The summed E-state index contributed by atoms with van der Waals surface area (Å²) in [4.78, 5) is 44.0. The van der Waals surface area contributed by atoms with Gasteiger partial charge in [0, 0.05) is 38.1 Å². The normalized spacial score (nSPS) is 27.4. The highest BCUT2D eigenvalue weighted by molar-refractivity contribution is 6.07. The van der Waals surface area contributed by atoms with Gasteiger partial charge < -0.3 is 9.80 Å². The number of hydrogen-bond acceptors (Lipinski definition) is 4. The largest absolute Gasteiger partial charge is 0.324 e. The van der Waals surface area contributed by atoms with Crippen molar-refractivity contribution in [2.45, 2.75) is 62.1 Å². The van der Waals surface area contributed by atoms with Crippen molar-refractivity contribution in [3.8, 4) is 11.8 Å². The van der Waals surface area contributed by atoms with Crippen molar-refractivity contribution in [2.75, 3.05) is 27.2 Å². The van der Waals surface area contributed by atoms with Gasteiger partial charge in [0.1, 0.15) is 22.7 Å². The maximum atomic E-state index is 14.3. The van der Waals surface area contributed by atoms with Crippen LogP contribution < -0.4 is 5.32 Å². The lowest BCUT2D eigenvalue weighted by molar-refractivity contribution is -0.161. The predicted molar refractivity (Wildman–Crippen MR) is 144 cm³/mol. The number of nitrogens with zero attached hydrogens (tertiary/aromatic N) is 3. The van der Waals surface area contributed by atoms with Crippen molar-refractivity contribution < 1.29 is 23.2 Å². The van der Waals surface area contributed by atoms with E-state index in [2.05, 4.69) is 22.1 Å². The van der Waals surface area contributed by atoms with E-state index in [1.807, 2.05) is 32.2 Å². The SMILES string of the molecule is CN1C[C@@](C)(c2cc(F)cc(F)c2)N(CC#Cc2ccc3c(c2)C[C@@]2(C3)C(=O)NC(=O)N2C)C(=O)C12CCCC2. The van der Waals surface area contributed by atoms with Gasteiger partial charge in [-0.15, -0.1) is 0 Å². The molecule has 2 aromatic carbocycles. The summed E-state index contributed by atoms with van der Waals surface area (Å²) in [6.45, 7) is 2.38.